The van der Waals surface area contributed by atoms with Gasteiger partial charge in [-0.15, -0.1) is 0 Å². The van der Waals surface area contributed by atoms with Crippen molar-refractivity contribution in [3.63, 3.8) is 0 Å². The van der Waals surface area contributed by atoms with Crippen LogP contribution < -0.4 is 5.46 Å². The van der Waals surface area contributed by atoms with Gasteiger partial charge in [-0.05, 0) is 24.9 Å². The SMILES string of the molecule is COC(=O)C(C)(C)c1cccc(B(O)O)c1. The summed E-state index contributed by atoms with van der Waals surface area (Å²) in [6.07, 6.45) is 0. The van der Waals surface area contributed by atoms with Crippen molar-refractivity contribution in [1.82, 2.24) is 0 Å². The van der Waals surface area contributed by atoms with Crippen LogP contribution in [0.3, 0.4) is 0 Å². The smallest absolute Gasteiger partial charge is 0.468 e. The summed E-state index contributed by atoms with van der Waals surface area (Å²) in [5, 5.41) is 18.1. The lowest BCUT2D eigenvalue weighted by Crippen LogP contribution is -2.34. The average molecular weight is 222 g/mol. The van der Waals surface area contributed by atoms with E-state index in [0.29, 0.717) is 11.0 Å². The van der Waals surface area contributed by atoms with Gasteiger partial charge in [0.05, 0.1) is 12.5 Å². The first-order valence-corrected chi connectivity index (χ1v) is 4.94. The molecule has 1 rings (SSSR count). The molecule has 0 radical (unpaired) electrons. The molecular formula is C11H15BO4. The molecule has 1 aromatic carbocycles. The summed E-state index contributed by atoms with van der Waals surface area (Å²) in [4.78, 5) is 11.6. The lowest BCUT2D eigenvalue weighted by molar-refractivity contribution is -0.146. The van der Waals surface area contributed by atoms with E-state index in [4.69, 9.17) is 14.8 Å². The Morgan fingerprint density at radius 3 is 2.50 bits per heavy atom. The first-order chi connectivity index (χ1) is 7.39. The van der Waals surface area contributed by atoms with E-state index in [9.17, 15) is 4.79 Å². The van der Waals surface area contributed by atoms with Crippen LogP contribution in [0.25, 0.3) is 0 Å². The van der Waals surface area contributed by atoms with Crippen molar-refractivity contribution in [2.24, 2.45) is 0 Å². The standard InChI is InChI=1S/C11H15BO4/c1-11(2,10(13)16-3)8-5-4-6-9(7-8)12(14)15/h4-7,14-15H,1-3H3. The summed E-state index contributed by atoms with van der Waals surface area (Å²) >= 11 is 0. The Morgan fingerprint density at radius 1 is 1.38 bits per heavy atom. The fourth-order valence-electron chi connectivity index (χ4n) is 1.46. The van der Waals surface area contributed by atoms with E-state index < -0.39 is 12.5 Å². The van der Waals surface area contributed by atoms with Crippen LogP contribution >= 0.6 is 0 Å². The molecule has 0 heterocycles. The molecule has 0 aliphatic heterocycles. The number of esters is 1. The van der Waals surface area contributed by atoms with Crippen LogP contribution in [0.4, 0.5) is 0 Å². The zero-order valence-electron chi connectivity index (χ0n) is 9.60. The van der Waals surface area contributed by atoms with E-state index in [1.54, 1.807) is 38.1 Å². The third-order valence-electron chi connectivity index (χ3n) is 2.60. The maximum absolute atomic E-state index is 11.6. The second-order valence-electron chi connectivity index (χ2n) is 4.12. The highest BCUT2D eigenvalue weighted by atomic mass is 16.5. The average Bonchev–Trinajstić information content (AvgIpc) is 2.28. The fourth-order valence-corrected chi connectivity index (χ4v) is 1.46. The summed E-state index contributed by atoms with van der Waals surface area (Å²) in [6, 6.07) is 6.60. The molecule has 16 heavy (non-hydrogen) atoms. The second-order valence-corrected chi connectivity index (χ2v) is 4.12. The normalized spacial score (nSPS) is 11.1. The Labute approximate surface area is 95.0 Å². The monoisotopic (exact) mass is 222 g/mol. The fraction of sp³-hybridized carbons (Fsp3) is 0.364. The van der Waals surface area contributed by atoms with Crippen LogP contribution in [0.2, 0.25) is 0 Å². The van der Waals surface area contributed by atoms with Crippen LogP contribution in [0.5, 0.6) is 0 Å². The predicted octanol–water partition coefficient (Wildman–Crippen LogP) is -0.183. The summed E-state index contributed by atoms with van der Waals surface area (Å²) in [5.74, 6) is -0.364. The molecule has 0 saturated carbocycles. The Bertz CT molecular complexity index is 387. The number of benzene rings is 1. The van der Waals surface area contributed by atoms with Gasteiger partial charge in [0.15, 0.2) is 0 Å². The molecule has 0 aliphatic carbocycles. The van der Waals surface area contributed by atoms with Crippen molar-refractivity contribution < 1.29 is 19.6 Å². The van der Waals surface area contributed by atoms with E-state index in [0.717, 1.165) is 0 Å². The van der Waals surface area contributed by atoms with Crippen LogP contribution in [-0.2, 0) is 14.9 Å². The summed E-state index contributed by atoms with van der Waals surface area (Å²) in [6.45, 7) is 3.45. The number of rotatable bonds is 3. The molecule has 0 atom stereocenters. The Morgan fingerprint density at radius 2 is 2.00 bits per heavy atom. The first-order valence-electron chi connectivity index (χ1n) is 4.94. The van der Waals surface area contributed by atoms with E-state index in [-0.39, 0.29) is 5.97 Å². The first kappa shape index (κ1) is 12.7. The van der Waals surface area contributed by atoms with Gasteiger partial charge in [0.2, 0.25) is 0 Å². The molecule has 4 nitrogen and oxygen atoms in total. The summed E-state index contributed by atoms with van der Waals surface area (Å²) < 4.78 is 4.71. The lowest BCUT2D eigenvalue weighted by atomic mass is 9.75. The van der Waals surface area contributed by atoms with Gasteiger partial charge in [-0.25, -0.2) is 0 Å². The van der Waals surface area contributed by atoms with Crippen LogP contribution in [-0.4, -0.2) is 30.2 Å². The molecule has 0 bridgehead atoms. The summed E-state index contributed by atoms with van der Waals surface area (Å²) in [5.41, 5.74) is 0.235. The van der Waals surface area contributed by atoms with E-state index >= 15 is 0 Å². The number of methoxy groups -OCH3 is 1. The van der Waals surface area contributed by atoms with Crippen molar-refractivity contribution in [3.8, 4) is 0 Å². The molecule has 0 unspecified atom stereocenters. The van der Waals surface area contributed by atoms with Gasteiger partial charge in [0, 0.05) is 0 Å². The Balaban J connectivity index is 3.13. The third kappa shape index (κ3) is 2.43. The minimum absolute atomic E-state index is 0.356. The maximum Gasteiger partial charge on any atom is 0.488 e. The van der Waals surface area contributed by atoms with Gasteiger partial charge in [-0.3, -0.25) is 4.79 Å². The molecule has 0 saturated heterocycles. The van der Waals surface area contributed by atoms with Gasteiger partial charge in [0.1, 0.15) is 0 Å². The van der Waals surface area contributed by atoms with Crippen molar-refractivity contribution in [1.29, 1.82) is 0 Å². The number of carbonyl (C=O) groups is 1. The number of hydrogen-bond donors (Lipinski definition) is 2. The van der Waals surface area contributed by atoms with Crippen molar-refractivity contribution >= 4 is 18.6 Å². The molecule has 0 aromatic heterocycles. The van der Waals surface area contributed by atoms with Crippen LogP contribution in [0.15, 0.2) is 24.3 Å². The van der Waals surface area contributed by atoms with E-state index in [1.165, 1.54) is 7.11 Å². The second kappa shape index (κ2) is 4.68. The third-order valence-corrected chi connectivity index (χ3v) is 2.60. The molecular weight excluding hydrogens is 207 g/mol. The molecule has 1 aromatic rings. The number of ether oxygens (including phenoxy) is 1. The van der Waals surface area contributed by atoms with Gasteiger partial charge < -0.3 is 14.8 Å². The molecule has 5 heteroatoms. The van der Waals surface area contributed by atoms with Gasteiger partial charge in [0.25, 0.3) is 0 Å². The zero-order chi connectivity index (χ0) is 12.3. The number of hydrogen-bond acceptors (Lipinski definition) is 4. The van der Waals surface area contributed by atoms with Crippen molar-refractivity contribution in [2.45, 2.75) is 19.3 Å². The highest BCUT2D eigenvalue weighted by Gasteiger charge is 2.31. The molecule has 0 aliphatic rings. The Hall–Kier alpha value is -1.33. The minimum Gasteiger partial charge on any atom is -0.468 e. The molecule has 0 amide bonds. The molecule has 2 N–H and O–H groups in total. The van der Waals surface area contributed by atoms with Gasteiger partial charge >= 0.3 is 13.1 Å². The van der Waals surface area contributed by atoms with Crippen LogP contribution in [0, 0.1) is 0 Å². The zero-order valence-corrected chi connectivity index (χ0v) is 9.60. The van der Waals surface area contributed by atoms with Crippen LogP contribution in [0.1, 0.15) is 19.4 Å². The van der Waals surface area contributed by atoms with Gasteiger partial charge in [-0.1, -0.05) is 24.3 Å². The van der Waals surface area contributed by atoms with E-state index in [2.05, 4.69) is 0 Å². The quantitative estimate of drug-likeness (QED) is 0.549. The summed E-state index contributed by atoms with van der Waals surface area (Å²) in [7, 11) is -0.206. The molecule has 0 fully saturated rings. The molecule has 86 valence electrons. The van der Waals surface area contributed by atoms with Gasteiger partial charge in [-0.2, -0.15) is 0 Å². The number of carbonyl (C=O) groups excluding carboxylic acids is 1. The maximum atomic E-state index is 11.6. The highest BCUT2D eigenvalue weighted by Crippen LogP contribution is 2.23. The highest BCUT2D eigenvalue weighted by molar-refractivity contribution is 6.58. The van der Waals surface area contributed by atoms with Crippen molar-refractivity contribution in [3.05, 3.63) is 29.8 Å². The predicted molar refractivity (Wildman–Crippen MR) is 61.3 cm³/mol. The topological polar surface area (TPSA) is 66.8 Å². The largest absolute Gasteiger partial charge is 0.488 e. The Kier molecular flexibility index (Phi) is 3.72. The van der Waals surface area contributed by atoms with E-state index in [1.807, 2.05) is 0 Å². The molecule has 0 spiro atoms. The van der Waals surface area contributed by atoms with Crippen molar-refractivity contribution in [2.75, 3.05) is 7.11 Å². The lowest BCUT2D eigenvalue weighted by Gasteiger charge is -2.22. The minimum atomic E-state index is -1.53.